The van der Waals surface area contributed by atoms with Crippen molar-refractivity contribution < 1.29 is 83.5 Å². The summed E-state index contributed by atoms with van der Waals surface area (Å²) in [6, 6.07) is 0. The Balaban J connectivity index is -0.0000000448. The SMILES string of the molecule is CB(O)[O][Al].OOOO[PH-].OOPOO.OOPOO.[Mg+2].[O-]B(O)O. The van der Waals surface area contributed by atoms with Crippen LogP contribution < -0.4 is 5.02 Å². The standard InChI is InChI=1S/CH4BO2.Al.BH2O3.Mg.2H3O4P.H2O4P/c1-2(3)4;;2-1(3)4;;2*1-3-5-4-2;1-2-3-4-5/h3H,1H3;;2-3H;;2*1-2,5H;1,5H/q-1;+1;-1;+2;;;-1. The van der Waals surface area contributed by atoms with Gasteiger partial charge >= 0.3 is 54.1 Å². The quantitative estimate of drug-likeness (QED) is 0.0836. The van der Waals surface area contributed by atoms with Crippen LogP contribution in [-0.4, -0.2) is 95.5 Å². The summed E-state index contributed by atoms with van der Waals surface area (Å²) < 4.78 is 20.7. The molecule has 24 heteroatoms. The van der Waals surface area contributed by atoms with E-state index < -0.39 is 32.5 Å². The summed E-state index contributed by atoms with van der Waals surface area (Å²) in [7, 11) is -2.11. The summed E-state index contributed by atoms with van der Waals surface area (Å²) >= 11 is 1.94. The molecule has 25 heavy (non-hydrogen) atoms. The topological polar surface area (TPSA) is 259 Å². The van der Waals surface area contributed by atoms with Gasteiger partial charge in [-0.25, -0.2) is 26.3 Å². The predicted molar refractivity (Wildman–Crippen MR) is 82.3 cm³/mol. The van der Waals surface area contributed by atoms with E-state index in [2.05, 4.69) is 46.6 Å². The smallest absolute Gasteiger partial charge is 0.832 e. The molecule has 0 atom stereocenters. The van der Waals surface area contributed by atoms with Crippen LogP contribution in [0.4, 0.5) is 0 Å². The van der Waals surface area contributed by atoms with E-state index in [4.69, 9.17) is 46.4 Å². The van der Waals surface area contributed by atoms with E-state index in [1.807, 2.05) is 16.6 Å². The maximum atomic E-state index is 8.64. The first-order valence-electron chi connectivity index (χ1n) is 4.33. The summed E-state index contributed by atoms with van der Waals surface area (Å²) in [4.78, 5) is 0. The van der Waals surface area contributed by atoms with Gasteiger partial charge in [-0.1, -0.05) is 5.04 Å². The van der Waals surface area contributed by atoms with Crippen LogP contribution in [0.1, 0.15) is 0 Å². The Morgan fingerprint density at radius 2 is 1.16 bits per heavy atom. The van der Waals surface area contributed by atoms with Gasteiger partial charge in [0.15, 0.2) is 0 Å². The summed E-state index contributed by atoms with van der Waals surface area (Å²) in [5.41, 5.74) is 0. The van der Waals surface area contributed by atoms with E-state index in [1.165, 1.54) is 6.82 Å². The number of hydrogen-bond donors (Lipinski definition) is 8. The van der Waals surface area contributed by atoms with Crippen LogP contribution >= 0.6 is 27.5 Å². The fourth-order valence-corrected chi connectivity index (χ4v) is 0.146. The maximum absolute atomic E-state index is 8.64. The summed E-state index contributed by atoms with van der Waals surface area (Å²) in [5.74, 6) is 0. The summed E-state index contributed by atoms with van der Waals surface area (Å²) in [5, 5.41) is 73.5. The molecule has 8 N–H and O–H groups in total. The normalized spacial score (nSPS) is 7.64. The van der Waals surface area contributed by atoms with Crippen molar-refractivity contribution in [1.82, 2.24) is 0 Å². The van der Waals surface area contributed by atoms with Gasteiger partial charge < -0.3 is 37.9 Å². The first-order valence-corrected chi connectivity index (χ1v) is 6.84. The molecule has 0 spiro atoms. The number of rotatable bonds is 7. The second-order valence-electron chi connectivity index (χ2n) is 1.82. The minimum atomic E-state index is -2.42. The molecule has 0 saturated heterocycles. The van der Waals surface area contributed by atoms with Crippen molar-refractivity contribution in [3.05, 3.63) is 0 Å². The third-order valence-corrected chi connectivity index (χ3v) is 1.17. The Bertz CT molecular complexity index is 141. The molecule has 0 rings (SSSR count). The van der Waals surface area contributed by atoms with Gasteiger partial charge in [-0.3, -0.25) is 0 Å². The second kappa shape index (κ2) is 50.2. The Morgan fingerprint density at radius 3 is 1.16 bits per heavy atom. The van der Waals surface area contributed by atoms with E-state index in [1.54, 1.807) is 0 Å². The summed E-state index contributed by atoms with van der Waals surface area (Å²) in [6.07, 6.45) is 0. The Hall–Kier alpha value is 2.04. The van der Waals surface area contributed by atoms with Gasteiger partial charge in [0.25, 0.3) is 0 Å². The third kappa shape index (κ3) is 149. The van der Waals surface area contributed by atoms with E-state index in [0.29, 0.717) is 0 Å². The Labute approximate surface area is 172 Å². The van der Waals surface area contributed by atoms with Crippen LogP contribution in [0.2, 0.25) is 6.82 Å². The van der Waals surface area contributed by atoms with Crippen molar-refractivity contribution in [3.8, 4) is 0 Å². The molecule has 17 nitrogen and oxygen atoms in total. The second-order valence-corrected chi connectivity index (χ2v) is 3.32. The number of hydrogen-bond acceptors (Lipinski definition) is 17. The monoisotopic (exact) mass is 464 g/mol. The van der Waals surface area contributed by atoms with E-state index in [0.717, 1.165) is 0 Å². The minimum absolute atomic E-state index is 0. The molecule has 0 amide bonds. The van der Waals surface area contributed by atoms with Crippen molar-refractivity contribution >= 4 is 81.7 Å². The summed E-state index contributed by atoms with van der Waals surface area (Å²) in [6.45, 7) is 1.53. The van der Waals surface area contributed by atoms with Crippen LogP contribution in [0.25, 0.3) is 0 Å². The molecule has 0 aromatic carbocycles. The van der Waals surface area contributed by atoms with Crippen LogP contribution in [0.15, 0.2) is 0 Å². The van der Waals surface area contributed by atoms with Gasteiger partial charge in [0.1, 0.15) is 0 Å². The van der Waals surface area contributed by atoms with Gasteiger partial charge in [0.05, 0.1) is 0 Å². The molecule has 0 aliphatic rings. The average molecular weight is 464 g/mol. The van der Waals surface area contributed by atoms with Gasteiger partial charge in [0.2, 0.25) is 18.1 Å². The van der Waals surface area contributed by atoms with Gasteiger partial charge in [-0.05, 0) is 11.9 Å². The fourth-order valence-electron chi connectivity index (χ4n) is 0.0485. The molecule has 0 bridgehead atoms. The fraction of sp³-hybridized carbons (Fsp3) is 1.00. The molecular weight excluding hydrogens is 450 g/mol. The van der Waals surface area contributed by atoms with E-state index in [9.17, 15) is 0 Å². The van der Waals surface area contributed by atoms with E-state index >= 15 is 0 Å². The zero-order valence-corrected chi connectivity index (χ0v) is 17.8. The van der Waals surface area contributed by atoms with Crippen molar-refractivity contribution in [1.29, 1.82) is 0 Å². The largest absolute Gasteiger partial charge is 2.00 e. The molecule has 0 aliphatic carbocycles. The van der Waals surface area contributed by atoms with Gasteiger partial charge in [-0.15, -0.1) is 0 Å². The van der Waals surface area contributed by atoms with Crippen LogP contribution in [0, 0.1) is 0 Å². The third-order valence-electron chi connectivity index (χ3n) is 0.410. The molecule has 0 aromatic heterocycles. The van der Waals surface area contributed by atoms with Crippen LogP contribution in [0.5, 0.6) is 0 Å². The zero-order valence-electron chi connectivity index (χ0n) is 12.2. The zero-order chi connectivity index (χ0) is 20.2. The molecule has 0 aliphatic heterocycles. The molecule has 0 heterocycles. The Kier molecular flexibility index (Phi) is 83.1. The minimum Gasteiger partial charge on any atom is -0.832 e. The molecule has 146 valence electrons. The van der Waals surface area contributed by atoms with Crippen molar-refractivity contribution in [3.63, 3.8) is 0 Å². The molecular formula is CH14AlB2MgO17P3. The maximum Gasteiger partial charge on any atom is 2.00 e. The first kappa shape index (κ1) is 41.4. The predicted octanol–water partition coefficient (Wildman–Crippen LogP) is -2.52. The van der Waals surface area contributed by atoms with Crippen LogP contribution in [-0.2, 0) is 37.2 Å². The first-order chi connectivity index (χ1) is 11.2. The van der Waals surface area contributed by atoms with Crippen molar-refractivity contribution in [2.45, 2.75) is 6.82 Å². The van der Waals surface area contributed by atoms with Crippen molar-refractivity contribution in [2.75, 3.05) is 0 Å². The molecule has 0 fully saturated rings. The Morgan fingerprint density at radius 1 is 0.920 bits per heavy atom. The average Bonchev–Trinajstić information content (AvgIpc) is 2.51. The molecule has 0 unspecified atom stereocenters. The molecule has 0 saturated carbocycles. The molecule has 2 radical (unpaired) electrons. The van der Waals surface area contributed by atoms with Gasteiger partial charge in [0, 0.05) is 0 Å². The van der Waals surface area contributed by atoms with E-state index in [-0.39, 0.29) is 23.1 Å². The molecule has 0 aromatic rings. The van der Waals surface area contributed by atoms with Gasteiger partial charge in [-0.2, -0.15) is 18.7 Å². The van der Waals surface area contributed by atoms with Crippen LogP contribution in [0.3, 0.4) is 0 Å². The van der Waals surface area contributed by atoms with Crippen molar-refractivity contribution in [2.24, 2.45) is 0 Å².